The van der Waals surface area contributed by atoms with Gasteiger partial charge in [-0.3, -0.25) is 0 Å². The number of nitrogens with one attached hydrogen (secondary N) is 1. The number of benzene rings is 1. The zero-order chi connectivity index (χ0) is 14.7. The van der Waals surface area contributed by atoms with Crippen LogP contribution in [0.1, 0.15) is 32.3 Å². The molecule has 19 heavy (non-hydrogen) atoms. The Morgan fingerprint density at radius 2 is 1.89 bits per heavy atom. The minimum absolute atomic E-state index is 0.0350. The molecule has 0 saturated carbocycles. The van der Waals surface area contributed by atoms with Crippen LogP contribution >= 0.6 is 0 Å². The molecule has 0 unspecified atom stereocenters. The Balaban J connectivity index is 3.22. The second-order valence-electron chi connectivity index (χ2n) is 4.66. The second-order valence-corrected chi connectivity index (χ2v) is 6.31. The Kier molecular flexibility index (Phi) is 5.06. The SMILES string of the molecule is CCC(CC)(CN)NS(=O)(=O)c1cccc(F)c1C. The van der Waals surface area contributed by atoms with E-state index in [2.05, 4.69) is 4.72 Å². The van der Waals surface area contributed by atoms with Gasteiger partial charge in [0.05, 0.1) is 4.90 Å². The third-order valence-electron chi connectivity index (χ3n) is 3.60. The second kappa shape index (κ2) is 5.98. The minimum atomic E-state index is -3.78. The van der Waals surface area contributed by atoms with Crippen molar-refractivity contribution in [2.24, 2.45) is 5.73 Å². The first-order valence-electron chi connectivity index (χ1n) is 6.31. The molecule has 0 aliphatic carbocycles. The van der Waals surface area contributed by atoms with E-state index in [0.717, 1.165) is 0 Å². The normalized spacial score (nSPS) is 12.7. The molecule has 0 fully saturated rings. The summed E-state index contributed by atoms with van der Waals surface area (Å²) in [6.07, 6.45) is 1.15. The number of hydrogen-bond acceptors (Lipinski definition) is 3. The van der Waals surface area contributed by atoms with Gasteiger partial charge in [0.1, 0.15) is 5.82 Å². The van der Waals surface area contributed by atoms with Gasteiger partial charge in [0.2, 0.25) is 10.0 Å². The first-order valence-corrected chi connectivity index (χ1v) is 7.79. The van der Waals surface area contributed by atoms with Crippen molar-refractivity contribution >= 4 is 10.0 Å². The van der Waals surface area contributed by atoms with Crippen LogP contribution in [0.15, 0.2) is 23.1 Å². The first-order chi connectivity index (χ1) is 8.82. The van der Waals surface area contributed by atoms with Crippen LogP contribution in [0.3, 0.4) is 0 Å². The quantitative estimate of drug-likeness (QED) is 0.840. The third-order valence-corrected chi connectivity index (χ3v) is 5.33. The van der Waals surface area contributed by atoms with E-state index in [1.807, 2.05) is 13.8 Å². The average molecular weight is 288 g/mol. The summed E-state index contributed by atoms with van der Waals surface area (Å²) in [5.74, 6) is -0.533. The molecule has 0 bridgehead atoms. The van der Waals surface area contributed by atoms with Crippen LogP contribution in [0, 0.1) is 12.7 Å². The van der Waals surface area contributed by atoms with E-state index < -0.39 is 21.4 Å². The topological polar surface area (TPSA) is 72.2 Å². The summed E-state index contributed by atoms with van der Waals surface area (Å²) in [7, 11) is -3.78. The lowest BCUT2D eigenvalue weighted by molar-refractivity contribution is 0.363. The maximum atomic E-state index is 13.5. The van der Waals surface area contributed by atoms with Gasteiger partial charge in [-0.25, -0.2) is 17.5 Å². The van der Waals surface area contributed by atoms with Crippen LogP contribution in [0.2, 0.25) is 0 Å². The van der Waals surface area contributed by atoms with E-state index in [9.17, 15) is 12.8 Å². The molecule has 108 valence electrons. The number of nitrogens with two attached hydrogens (primary N) is 1. The molecule has 0 aliphatic heterocycles. The molecule has 1 aromatic carbocycles. The molecular weight excluding hydrogens is 267 g/mol. The Labute approximate surface area is 114 Å². The van der Waals surface area contributed by atoms with Gasteiger partial charge >= 0.3 is 0 Å². The summed E-state index contributed by atoms with van der Waals surface area (Å²) >= 11 is 0. The van der Waals surface area contributed by atoms with Gasteiger partial charge in [-0.1, -0.05) is 19.9 Å². The summed E-state index contributed by atoms with van der Waals surface area (Å²) in [5, 5.41) is 0. The molecule has 0 aromatic heterocycles. The van der Waals surface area contributed by atoms with Crippen molar-refractivity contribution < 1.29 is 12.8 Å². The van der Waals surface area contributed by atoms with Gasteiger partial charge < -0.3 is 5.73 Å². The average Bonchev–Trinajstić information content (AvgIpc) is 2.39. The highest BCUT2D eigenvalue weighted by Crippen LogP contribution is 2.22. The largest absolute Gasteiger partial charge is 0.329 e. The van der Waals surface area contributed by atoms with Gasteiger partial charge in [0.15, 0.2) is 0 Å². The van der Waals surface area contributed by atoms with Gasteiger partial charge in [-0.2, -0.15) is 0 Å². The van der Waals surface area contributed by atoms with Gasteiger partial charge in [-0.05, 0) is 31.9 Å². The Bertz CT molecular complexity index is 531. The Morgan fingerprint density at radius 3 is 2.37 bits per heavy atom. The predicted molar refractivity (Wildman–Crippen MR) is 73.8 cm³/mol. The number of rotatable bonds is 6. The third kappa shape index (κ3) is 3.32. The van der Waals surface area contributed by atoms with Crippen LogP contribution in [-0.4, -0.2) is 20.5 Å². The molecule has 3 N–H and O–H groups in total. The molecule has 1 rings (SSSR count). The molecule has 0 saturated heterocycles. The van der Waals surface area contributed by atoms with Crippen LogP contribution < -0.4 is 10.5 Å². The van der Waals surface area contributed by atoms with E-state index in [1.54, 1.807) is 0 Å². The Hall–Kier alpha value is -0.980. The zero-order valence-corrected chi connectivity index (χ0v) is 12.3. The monoisotopic (exact) mass is 288 g/mol. The van der Waals surface area contributed by atoms with Crippen LogP contribution in [0.5, 0.6) is 0 Å². The fourth-order valence-corrected chi connectivity index (χ4v) is 3.75. The molecule has 0 atom stereocenters. The van der Waals surface area contributed by atoms with Crippen LogP contribution in [0.25, 0.3) is 0 Å². The van der Waals surface area contributed by atoms with E-state index >= 15 is 0 Å². The summed E-state index contributed by atoms with van der Waals surface area (Å²) in [5.41, 5.74) is 5.12. The van der Waals surface area contributed by atoms with Crippen LogP contribution in [-0.2, 0) is 10.0 Å². The zero-order valence-electron chi connectivity index (χ0n) is 11.5. The van der Waals surface area contributed by atoms with E-state index in [4.69, 9.17) is 5.73 Å². The van der Waals surface area contributed by atoms with Crippen molar-refractivity contribution in [2.75, 3.05) is 6.54 Å². The molecule has 0 spiro atoms. The van der Waals surface area contributed by atoms with Gasteiger partial charge in [0.25, 0.3) is 0 Å². The fraction of sp³-hybridized carbons (Fsp3) is 0.538. The maximum absolute atomic E-state index is 13.5. The number of sulfonamides is 1. The highest BCUT2D eigenvalue weighted by molar-refractivity contribution is 7.89. The highest BCUT2D eigenvalue weighted by Gasteiger charge is 2.31. The first kappa shape index (κ1) is 16.1. The lowest BCUT2D eigenvalue weighted by Gasteiger charge is -2.31. The van der Waals surface area contributed by atoms with Crippen molar-refractivity contribution in [1.82, 2.24) is 4.72 Å². The van der Waals surface area contributed by atoms with Crippen molar-refractivity contribution in [1.29, 1.82) is 0 Å². The predicted octanol–water partition coefficient (Wildman–Crippen LogP) is 1.93. The van der Waals surface area contributed by atoms with E-state index in [-0.39, 0.29) is 17.0 Å². The summed E-state index contributed by atoms with van der Waals surface area (Å²) < 4.78 is 40.8. The standard InChI is InChI=1S/C13H21FN2O2S/c1-4-13(5-2,9-15)16-19(17,18)12-8-6-7-11(14)10(12)3/h6-8,16H,4-5,9,15H2,1-3H3. The van der Waals surface area contributed by atoms with Gasteiger partial charge in [0, 0.05) is 17.6 Å². The Morgan fingerprint density at radius 1 is 1.32 bits per heavy atom. The number of hydrogen-bond donors (Lipinski definition) is 2. The summed E-state index contributed by atoms with van der Waals surface area (Å²) in [6, 6.07) is 4.02. The molecule has 6 heteroatoms. The van der Waals surface area contributed by atoms with Crippen molar-refractivity contribution in [3.05, 3.63) is 29.6 Å². The van der Waals surface area contributed by atoms with E-state index in [1.165, 1.54) is 25.1 Å². The summed E-state index contributed by atoms with van der Waals surface area (Å²) in [6.45, 7) is 5.40. The molecule has 0 radical (unpaired) electrons. The van der Waals surface area contributed by atoms with Crippen molar-refractivity contribution in [3.8, 4) is 0 Å². The minimum Gasteiger partial charge on any atom is -0.329 e. The van der Waals surface area contributed by atoms with E-state index in [0.29, 0.717) is 12.8 Å². The lowest BCUT2D eigenvalue weighted by Crippen LogP contribution is -2.52. The maximum Gasteiger partial charge on any atom is 0.241 e. The molecular formula is C13H21FN2O2S. The van der Waals surface area contributed by atoms with Crippen molar-refractivity contribution in [3.63, 3.8) is 0 Å². The summed E-state index contributed by atoms with van der Waals surface area (Å²) in [4.78, 5) is -0.0350. The lowest BCUT2D eigenvalue weighted by atomic mass is 9.95. The van der Waals surface area contributed by atoms with Crippen molar-refractivity contribution in [2.45, 2.75) is 44.0 Å². The fourth-order valence-electron chi connectivity index (χ4n) is 1.94. The van der Waals surface area contributed by atoms with Gasteiger partial charge in [-0.15, -0.1) is 0 Å². The smallest absolute Gasteiger partial charge is 0.241 e. The molecule has 1 aromatic rings. The molecule has 4 nitrogen and oxygen atoms in total. The van der Waals surface area contributed by atoms with Crippen LogP contribution in [0.4, 0.5) is 4.39 Å². The highest BCUT2D eigenvalue weighted by atomic mass is 32.2. The molecule has 0 heterocycles. The molecule has 0 amide bonds. The number of halogens is 1. The molecule has 0 aliphatic rings.